The van der Waals surface area contributed by atoms with Crippen LogP contribution in [-0.2, 0) is 10.0 Å². The Morgan fingerprint density at radius 3 is 2.43 bits per heavy atom. The van der Waals surface area contributed by atoms with E-state index < -0.39 is 15.9 Å². The Kier molecular flexibility index (Phi) is 4.60. The van der Waals surface area contributed by atoms with E-state index in [1.54, 1.807) is 6.07 Å². The minimum atomic E-state index is -4.12. The highest BCUT2D eigenvalue weighted by molar-refractivity contribution is 7.90. The number of rotatable bonds is 5. The largest absolute Gasteiger partial charge is 0.497 e. The van der Waals surface area contributed by atoms with Gasteiger partial charge in [0.15, 0.2) is 10.7 Å². The molecule has 0 saturated carbocycles. The minimum absolute atomic E-state index is 0.0298. The first-order chi connectivity index (χ1) is 10.8. The number of benzene rings is 1. The number of methoxy groups -OCH3 is 2. The molecule has 0 fully saturated rings. The zero-order valence-corrected chi connectivity index (χ0v) is 13.9. The average molecular weight is 340 g/mol. The highest BCUT2D eigenvalue weighted by Gasteiger charge is 2.27. The fraction of sp³-hybridized carbons (Fsp3) is 0.286. The van der Waals surface area contributed by atoms with Gasteiger partial charge in [-0.15, -0.1) is 0 Å². The van der Waals surface area contributed by atoms with Crippen LogP contribution in [0.2, 0.25) is 0 Å². The molecule has 1 amide bonds. The molecule has 0 aliphatic rings. The predicted molar refractivity (Wildman–Crippen MR) is 80.2 cm³/mol. The van der Waals surface area contributed by atoms with Crippen molar-refractivity contribution in [2.45, 2.75) is 18.7 Å². The maximum absolute atomic E-state index is 12.4. The topological polar surface area (TPSA) is 108 Å². The summed E-state index contributed by atoms with van der Waals surface area (Å²) in [6.45, 7) is 2.92. The Morgan fingerprint density at radius 2 is 1.91 bits per heavy atom. The van der Waals surface area contributed by atoms with Crippen molar-refractivity contribution in [3.63, 3.8) is 0 Å². The molecule has 1 heterocycles. The standard InChI is InChI=1S/C14H16N2O6S/c1-8-13(9(2)22-15-8)23(18,19)16-14(17)11-7-10(20-3)5-6-12(11)21-4/h5-7H,1-4H3,(H,16,17). The summed E-state index contributed by atoms with van der Waals surface area (Å²) in [6.07, 6.45) is 0. The predicted octanol–water partition coefficient (Wildman–Crippen LogP) is 1.43. The van der Waals surface area contributed by atoms with Gasteiger partial charge in [0.2, 0.25) is 0 Å². The molecule has 1 N–H and O–H groups in total. The van der Waals surface area contributed by atoms with Crippen LogP contribution >= 0.6 is 0 Å². The molecule has 1 aromatic carbocycles. The minimum Gasteiger partial charge on any atom is -0.497 e. The number of aromatic nitrogens is 1. The molecule has 0 bridgehead atoms. The first-order valence-electron chi connectivity index (χ1n) is 6.52. The lowest BCUT2D eigenvalue weighted by atomic mass is 10.2. The van der Waals surface area contributed by atoms with Crippen molar-refractivity contribution in [3.8, 4) is 11.5 Å². The second-order valence-corrected chi connectivity index (χ2v) is 6.27. The number of amides is 1. The smallest absolute Gasteiger partial charge is 0.269 e. The van der Waals surface area contributed by atoms with Crippen molar-refractivity contribution < 1.29 is 27.2 Å². The van der Waals surface area contributed by atoms with Gasteiger partial charge in [-0.05, 0) is 32.0 Å². The summed E-state index contributed by atoms with van der Waals surface area (Å²) in [6, 6.07) is 4.49. The number of sulfonamides is 1. The van der Waals surface area contributed by atoms with Gasteiger partial charge in [-0.3, -0.25) is 4.79 Å². The molecular weight excluding hydrogens is 324 g/mol. The molecule has 0 radical (unpaired) electrons. The van der Waals surface area contributed by atoms with E-state index in [2.05, 4.69) is 5.16 Å². The summed E-state index contributed by atoms with van der Waals surface area (Å²) in [5.41, 5.74) is 0.197. The van der Waals surface area contributed by atoms with E-state index in [4.69, 9.17) is 14.0 Å². The molecule has 1 aromatic heterocycles. The summed E-state index contributed by atoms with van der Waals surface area (Å²) in [5, 5.41) is 3.57. The number of ether oxygens (including phenoxy) is 2. The average Bonchev–Trinajstić information content (AvgIpc) is 2.85. The Hall–Kier alpha value is -2.55. The van der Waals surface area contributed by atoms with Gasteiger partial charge >= 0.3 is 0 Å². The van der Waals surface area contributed by atoms with Crippen LogP contribution in [0.1, 0.15) is 21.8 Å². The van der Waals surface area contributed by atoms with Gasteiger partial charge in [-0.2, -0.15) is 0 Å². The number of nitrogens with zero attached hydrogens (tertiary/aromatic N) is 1. The maximum Gasteiger partial charge on any atom is 0.269 e. The van der Waals surface area contributed by atoms with Crippen LogP contribution in [0, 0.1) is 13.8 Å². The molecule has 9 heteroatoms. The molecule has 0 saturated heterocycles. The number of hydrogen-bond donors (Lipinski definition) is 1. The van der Waals surface area contributed by atoms with Gasteiger partial charge in [0.1, 0.15) is 17.2 Å². The summed E-state index contributed by atoms with van der Waals surface area (Å²) in [4.78, 5) is 12.2. The van der Waals surface area contributed by atoms with Gasteiger partial charge in [-0.1, -0.05) is 5.16 Å². The van der Waals surface area contributed by atoms with Crippen LogP contribution in [0.5, 0.6) is 11.5 Å². The first-order valence-corrected chi connectivity index (χ1v) is 8.00. The van der Waals surface area contributed by atoms with E-state index in [1.807, 2.05) is 4.72 Å². The van der Waals surface area contributed by atoms with Gasteiger partial charge in [0.25, 0.3) is 15.9 Å². The molecule has 0 spiro atoms. The van der Waals surface area contributed by atoms with Crippen molar-refractivity contribution in [2.24, 2.45) is 0 Å². The van der Waals surface area contributed by atoms with Gasteiger partial charge < -0.3 is 14.0 Å². The van der Waals surface area contributed by atoms with E-state index in [-0.39, 0.29) is 27.7 Å². The molecule has 0 unspecified atom stereocenters. The molecule has 0 atom stereocenters. The number of carbonyl (C=O) groups excluding carboxylic acids is 1. The third kappa shape index (κ3) is 3.29. The summed E-state index contributed by atoms with van der Waals surface area (Å²) in [5.74, 6) is -0.135. The van der Waals surface area contributed by atoms with Crippen molar-refractivity contribution >= 4 is 15.9 Å². The van der Waals surface area contributed by atoms with E-state index in [0.717, 1.165) is 0 Å². The third-order valence-electron chi connectivity index (χ3n) is 3.11. The normalized spacial score (nSPS) is 11.1. The van der Waals surface area contributed by atoms with Gasteiger partial charge in [-0.25, -0.2) is 13.1 Å². The van der Waals surface area contributed by atoms with Crippen LogP contribution in [-0.4, -0.2) is 33.7 Å². The summed E-state index contributed by atoms with van der Waals surface area (Å²) in [7, 11) is -1.31. The maximum atomic E-state index is 12.4. The fourth-order valence-corrected chi connectivity index (χ4v) is 3.38. The lowest BCUT2D eigenvalue weighted by Crippen LogP contribution is -2.31. The quantitative estimate of drug-likeness (QED) is 0.877. The Bertz CT molecular complexity index is 821. The van der Waals surface area contributed by atoms with Gasteiger partial charge in [0.05, 0.1) is 19.8 Å². The third-order valence-corrected chi connectivity index (χ3v) is 4.69. The summed E-state index contributed by atoms with van der Waals surface area (Å²) < 4.78 is 41.7. The van der Waals surface area contributed by atoms with E-state index in [9.17, 15) is 13.2 Å². The van der Waals surface area contributed by atoms with E-state index >= 15 is 0 Å². The second-order valence-electron chi connectivity index (χ2n) is 4.65. The van der Waals surface area contributed by atoms with Gasteiger partial charge in [0, 0.05) is 0 Å². The SMILES string of the molecule is COc1ccc(OC)c(C(=O)NS(=O)(=O)c2c(C)noc2C)c1. The van der Waals surface area contributed by atoms with E-state index in [1.165, 1.54) is 40.2 Å². The Balaban J connectivity index is 2.39. The molecule has 124 valence electrons. The molecule has 2 rings (SSSR count). The first kappa shape index (κ1) is 16.8. The molecule has 0 aliphatic carbocycles. The lowest BCUT2D eigenvalue weighted by molar-refractivity contribution is 0.0978. The molecule has 2 aromatic rings. The van der Waals surface area contributed by atoms with Crippen LogP contribution in [0.25, 0.3) is 0 Å². The molecule has 8 nitrogen and oxygen atoms in total. The zero-order chi connectivity index (χ0) is 17.2. The summed E-state index contributed by atoms with van der Waals surface area (Å²) >= 11 is 0. The molecule has 0 aliphatic heterocycles. The van der Waals surface area contributed by atoms with E-state index in [0.29, 0.717) is 5.75 Å². The second kappa shape index (κ2) is 6.29. The Morgan fingerprint density at radius 1 is 1.22 bits per heavy atom. The Labute approximate surface area is 133 Å². The van der Waals surface area contributed by atoms with Crippen LogP contribution < -0.4 is 14.2 Å². The van der Waals surface area contributed by atoms with Crippen molar-refractivity contribution in [2.75, 3.05) is 14.2 Å². The van der Waals surface area contributed by atoms with Crippen LogP contribution in [0.15, 0.2) is 27.6 Å². The fourth-order valence-electron chi connectivity index (χ4n) is 2.08. The zero-order valence-electron chi connectivity index (χ0n) is 13.0. The number of nitrogens with one attached hydrogen (secondary N) is 1. The van der Waals surface area contributed by atoms with Crippen molar-refractivity contribution in [3.05, 3.63) is 35.2 Å². The van der Waals surface area contributed by atoms with Crippen molar-refractivity contribution in [1.82, 2.24) is 9.88 Å². The molecular formula is C14H16N2O6S. The molecule has 23 heavy (non-hydrogen) atoms. The number of hydrogen-bond acceptors (Lipinski definition) is 7. The highest BCUT2D eigenvalue weighted by Crippen LogP contribution is 2.25. The monoisotopic (exact) mass is 340 g/mol. The number of carbonyl (C=O) groups is 1. The lowest BCUT2D eigenvalue weighted by Gasteiger charge is -2.11. The van der Waals surface area contributed by atoms with Crippen LogP contribution in [0.4, 0.5) is 0 Å². The van der Waals surface area contributed by atoms with Crippen LogP contribution in [0.3, 0.4) is 0 Å². The van der Waals surface area contributed by atoms with Crippen molar-refractivity contribution in [1.29, 1.82) is 0 Å². The number of aryl methyl sites for hydroxylation is 2. The highest BCUT2D eigenvalue weighted by atomic mass is 32.2.